The summed E-state index contributed by atoms with van der Waals surface area (Å²) in [5, 5.41) is 4.13. The molecule has 238 valence electrons. The van der Waals surface area contributed by atoms with E-state index in [1.165, 1.54) is 0 Å². The second kappa shape index (κ2) is 11.9. The van der Waals surface area contributed by atoms with Crippen LogP contribution in [0.15, 0.2) is 175 Å². The molecule has 0 aliphatic carbocycles. The Morgan fingerprint density at radius 2 is 0.961 bits per heavy atom. The van der Waals surface area contributed by atoms with Gasteiger partial charge in [0.25, 0.3) is 0 Å². The number of para-hydroxylation sites is 1. The van der Waals surface area contributed by atoms with Gasteiger partial charge in [-0.05, 0) is 69.3 Å². The topological polar surface area (TPSA) is 64.7 Å². The highest BCUT2D eigenvalue weighted by atomic mass is 16.3. The largest absolute Gasteiger partial charge is 0.455 e. The fourth-order valence-corrected chi connectivity index (χ4v) is 7.11. The van der Waals surface area contributed by atoms with Crippen molar-refractivity contribution in [2.45, 2.75) is 0 Å². The molecule has 10 rings (SSSR count). The van der Waals surface area contributed by atoms with Crippen molar-refractivity contribution in [1.29, 1.82) is 0 Å². The maximum atomic E-state index is 6.58. The van der Waals surface area contributed by atoms with Crippen LogP contribution in [0.5, 0.6) is 0 Å². The number of hydrogen-bond acceptors (Lipinski definition) is 5. The molecule has 0 bridgehead atoms. The van der Waals surface area contributed by atoms with Crippen molar-refractivity contribution in [3.63, 3.8) is 0 Å². The third kappa shape index (κ3) is 5.03. The van der Waals surface area contributed by atoms with Gasteiger partial charge in [-0.3, -0.25) is 15.0 Å². The highest BCUT2D eigenvalue weighted by molar-refractivity contribution is 6.24. The van der Waals surface area contributed by atoms with Gasteiger partial charge in [0.05, 0.1) is 16.6 Å². The molecular formula is C46H28N4O. The fourth-order valence-electron chi connectivity index (χ4n) is 7.11. The molecule has 5 aromatic heterocycles. The number of benzene rings is 5. The van der Waals surface area contributed by atoms with Crippen LogP contribution in [0.3, 0.4) is 0 Å². The maximum absolute atomic E-state index is 6.58. The fraction of sp³-hybridized carbons (Fsp3) is 0. The van der Waals surface area contributed by atoms with E-state index in [-0.39, 0.29) is 0 Å². The predicted molar refractivity (Wildman–Crippen MR) is 207 cm³/mol. The van der Waals surface area contributed by atoms with Crippen molar-refractivity contribution in [2.24, 2.45) is 0 Å². The molecular weight excluding hydrogens is 625 g/mol. The van der Waals surface area contributed by atoms with Gasteiger partial charge >= 0.3 is 0 Å². The number of pyridine rings is 4. The molecule has 5 aromatic carbocycles. The molecule has 0 saturated carbocycles. The van der Waals surface area contributed by atoms with Crippen LogP contribution in [-0.2, 0) is 0 Å². The van der Waals surface area contributed by atoms with Gasteiger partial charge in [0.1, 0.15) is 16.7 Å². The summed E-state index contributed by atoms with van der Waals surface area (Å²) in [4.78, 5) is 18.9. The molecule has 0 atom stereocenters. The van der Waals surface area contributed by atoms with Crippen LogP contribution in [0, 0.1) is 0 Å². The van der Waals surface area contributed by atoms with Crippen LogP contribution in [0.2, 0.25) is 0 Å². The number of furan rings is 1. The second-order valence-electron chi connectivity index (χ2n) is 12.7. The maximum Gasteiger partial charge on any atom is 0.145 e. The Labute approximate surface area is 293 Å². The van der Waals surface area contributed by atoms with Crippen LogP contribution >= 0.6 is 0 Å². The Morgan fingerprint density at radius 3 is 1.57 bits per heavy atom. The average molecular weight is 653 g/mol. The number of hydrogen-bond donors (Lipinski definition) is 0. The average Bonchev–Trinajstić information content (AvgIpc) is 3.60. The normalized spacial score (nSPS) is 11.5. The molecule has 10 aromatic rings. The summed E-state index contributed by atoms with van der Waals surface area (Å²) in [6.45, 7) is 0. The molecule has 0 spiro atoms. The molecule has 5 nitrogen and oxygen atoms in total. The van der Waals surface area contributed by atoms with Crippen LogP contribution in [0.4, 0.5) is 0 Å². The summed E-state index contributed by atoms with van der Waals surface area (Å²) in [5.41, 5.74) is 14.0. The summed E-state index contributed by atoms with van der Waals surface area (Å²) < 4.78 is 6.58. The lowest BCUT2D eigenvalue weighted by molar-refractivity contribution is 0.673. The minimum absolute atomic E-state index is 0.814. The van der Waals surface area contributed by atoms with Crippen molar-refractivity contribution in [3.8, 4) is 55.8 Å². The first-order chi connectivity index (χ1) is 25.3. The molecule has 0 fully saturated rings. The number of aromatic nitrogens is 4. The SMILES string of the molecule is c1cncc(-c2ccc(-c3ccc(-c4nc5cc(-c6ccc(-c7cccnc7)cc6)cnc5c5c4ccc4c6ccccc6oc45)cc3)cc2)c1. The standard InChI is InChI=1S/C46H28N4O/c1-2-8-42-38(7-1)39-21-22-40-43(46(39)51-42)45-41(25-37(28-49-45)33-15-13-32(14-16-33)36-6-4-24-48-27-36)50-44(40)34-19-17-30(18-20-34)29-9-11-31(12-10-29)35-5-3-23-47-26-35/h1-28H. The van der Waals surface area contributed by atoms with Gasteiger partial charge in [-0.1, -0.05) is 109 Å². The zero-order chi connectivity index (χ0) is 33.7. The Balaban J connectivity index is 1.11. The van der Waals surface area contributed by atoms with Crippen LogP contribution in [0.1, 0.15) is 0 Å². The van der Waals surface area contributed by atoms with E-state index < -0.39 is 0 Å². The summed E-state index contributed by atoms with van der Waals surface area (Å²) >= 11 is 0. The van der Waals surface area contributed by atoms with Crippen molar-refractivity contribution in [1.82, 2.24) is 19.9 Å². The summed E-state index contributed by atoms with van der Waals surface area (Å²) in [5.74, 6) is 0. The third-order valence-electron chi connectivity index (χ3n) is 9.72. The summed E-state index contributed by atoms with van der Waals surface area (Å²) in [7, 11) is 0. The van der Waals surface area contributed by atoms with E-state index >= 15 is 0 Å². The molecule has 0 saturated heterocycles. The highest BCUT2D eigenvalue weighted by Gasteiger charge is 2.19. The van der Waals surface area contributed by atoms with Crippen LogP contribution in [0.25, 0.3) is 99.5 Å². The quantitative estimate of drug-likeness (QED) is 0.173. The molecule has 0 N–H and O–H groups in total. The lowest BCUT2D eigenvalue weighted by Gasteiger charge is -2.12. The van der Waals surface area contributed by atoms with Crippen molar-refractivity contribution >= 4 is 43.7 Å². The molecule has 0 aliphatic rings. The monoisotopic (exact) mass is 652 g/mol. The molecule has 0 aliphatic heterocycles. The molecule has 0 radical (unpaired) electrons. The highest BCUT2D eigenvalue weighted by Crippen LogP contribution is 2.41. The molecule has 0 amide bonds. The molecule has 0 unspecified atom stereocenters. The Bertz CT molecular complexity index is 2860. The predicted octanol–water partition coefficient (Wildman–Crippen LogP) is 11.8. The first-order valence-electron chi connectivity index (χ1n) is 16.9. The van der Waals surface area contributed by atoms with Gasteiger partial charge in [-0.15, -0.1) is 0 Å². The van der Waals surface area contributed by atoms with E-state index in [0.29, 0.717) is 0 Å². The lowest BCUT2D eigenvalue weighted by Crippen LogP contribution is -1.93. The van der Waals surface area contributed by atoms with Gasteiger partial charge in [-0.25, -0.2) is 4.98 Å². The Hall–Kier alpha value is -6.98. The van der Waals surface area contributed by atoms with E-state index in [0.717, 1.165) is 99.5 Å². The smallest absolute Gasteiger partial charge is 0.145 e. The first-order valence-corrected chi connectivity index (χ1v) is 16.9. The molecule has 5 heterocycles. The number of fused-ring (bicyclic) bond motifs is 7. The van der Waals surface area contributed by atoms with Crippen molar-refractivity contribution in [3.05, 3.63) is 171 Å². The number of nitrogens with zero attached hydrogens (tertiary/aromatic N) is 4. The zero-order valence-corrected chi connectivity index (χ0v) is 27.4. The molecule has 5 heteroatoms. The van der Waals surface area contributed by atoms with Crippen molar-refractivity contribution < 1.29 is 4.42 Å². The van der Waals surface area contributed by atoms with Gasteiger partial charge < -0.3 is 4.42 Å². The summed E-state index contributed by atoms with van der Waals surface area (Å²) in [6.07, 6.45) is 9.30. The van der Waals surface area contributed by atoms with Gasteiger partial charge in [0.2, 0.25) is 0 Å². The lowest BCUT2D eigenvalue weighted by atomic mass is 9.96. The van der Waals surface area contributed by atoms with E-state index in [1.807, 2.05) is 42.9 Å². The van der Waals surface area contributed by atoms with Gasteiger partial charge in [-0.2, -0.15) is 0 Å². The number of rotatable bonds is 5. The van der Waals surface area contributed by atoms with E-state index in [2.05, 4.69) is 125 Å². The Morgan fingerprint density at radius 1 is 0.412 bits per heavy atom. The minimum Gasteiger partial charge on any atom is -0.455 e. The molecule has 51 heavy (non-hydrogen) atoms. The third-order valence-corrected chi connectivity index (χ3v) is 9.72. The van der Waals surface area contributed by atoms with E-state index in [4.69, 9.17) is 14.4 Å². The van der Waals surface area contributed by atoms with E-state index in [9.17, 15) is 0 Å². The van der Waals surface area contributed by atoms with Gasteiger partial charge in [0, 0.05) is 58.3 Å². The van der Waals surface area contributed by atoms with Crippen LogP contribution in [-0.4, -0.2) is 19.9 Å². The minimum atomic E-state index is 0.814. The van der Waals surface area contributed by atoms with E-state index in [1.54, 1.807) is 12.4 Å². The summed E-state index contributed by atoms with van der Waals surface area (Å²) in [6, 6.07) is 48.5. The van der Waals surface area contributed by atoms with Crippen molar-refractivity contribution in [2.75, 3.05) is 0 Å². The van der Waals surface area contributed by atoms with Crippen LogP contribution < -0.4 is 0 Å². The first kappa shape index (κ1) is 29.0. The second-order valence-corrected chi connectivity index (χ2v) is 12.7. The Kier molecular flexibility index (Phi) is 6.74. The van der Waals surface area contributed by atoms with Gasteiger partial charge in [0.15, 0.2) is 0 Å². The zero-order valence-electron chi connectivity index (χ0n) is 27.4.